The van der Waals surface area contributed by atoms with E-state index in [0.29, 0.717) is 25.6 Å². The first-order valence-electron chi connectivity index (χ1n) is 8.59. The SMILES string of the molecule is COCCCNC(=O)CN1CCC(c2nc3ccccc3s2)CC1. The van der Waals surface area contributed by atoms with Crippen molar-refractivity contribution in [3.63, 3.8) is 0 Å². The Morgan fingerprint density at radius 1 is 1.38 bits per heavy atom. The smallest absolute Gasteiger partial charge is 0.234 e. The molecule has 1 fully saturated rings. The molecule has 1 aromatic heterocycles. The summed E-state index contributed by atoms with van der Waals surface area (Å²) >= 11 is 1.81. The maximum Gasteiger partial charge on any atom is 0.234 e. The van der Waals surface area contributed by atoms with Crippen molar-refractivity contribution < 1.29 is 9.53 Å². The number of fused-ring (bicyclic) bond motifs is 1. The van der Waals surface area contributed by atoms with Gasteiger partial charge in [0.1, 0.15) is 0 Å². The molecule has 24 heavy (non-hydrogen) atoms. The summed E-state index contributed by atoms with van der Waals surface area (Å²) in [5.74, 6) is 0.646. The molecule has 1 N–H and O–H groups in total. The van der Waals surface area contributed by atoms with Crippen LogP contribution in [0.15, 0.2) is 24.3 Å². The van der Waals surface area contributed by atoms with E-state index in [1.165, 1.54) is 9.71 Å². The molecule has 6 heteroatoms. The van der Waals surface area contributed by atoms with Gasteiger partial charge in [0.25, 0.3) is 0 Å². The van der Waals surface area contributed by atoms with Crippen LogP contribution >= 0.6 is 11.3 Å². The van der Waals surface area contributed by atoms with Crippen molar-refractivity contribution in [3.05, 3.63) is 29.3 Å². The number of thiazole rings is 1. The third-order valence-corrected chi connectivity index (χ3v) is 5.66. The molecule has 1 amide bonds. The lowest BCUT2D eigenvalue weighted by Gasteiger charge is -2.30. The number of methoxy groups -OCH3 is 1. The predicted molar refractivity (Wildman–Crippen MR) is 97.5 cm³/mol. The maximum atomic E-state index is 11.9. The average molecular weight is 347 g/mol. The van der Waals surface area contributed by atoms with E-state index in [1.54, 1.807) is 7.11 Å². The second-order valence-electron chi connectivity index (χ2n) is 6.27. The van der Waals surface area contributed by atoms with E-state index in [1.807, 2.05) is 17.4 Å². The number of hydrogen-bond donors (Lipinski definition) is 1. The molecule has 0 saturated carbocycles. The number of carbonyl (C=O) groups is 1. The Morgan fingerprint density at radius 2 is 2.17 bits per heavy atom. The number of benzene rings is 1. The van der Waals surface area contributed by atoms with E-state index in [9.17, 15) is 4.79 Å². The molecule has 1 aliphatic rings. The summed E-state index contributed by atoms with van der Waals surface area (Å²) in [5, 5.41) is 4.20. The number of rotatable bonds is 7. The van der Waals surface area contributed by atoms with Crippen molar-refractivity contribution >= 4 is 27.5 Å². The van der Waals surface area contributed by atoms with Crippen molar-refractivity contribution in [3.8, 4) is 0 Å². The number of amides is 1. The number of carbonyl (C=O) groups excluding carboxylic acids is 1. The van der Waals surface area contributed by atoms with E-state index >= 15 is 0 Å². The van der Waals surface area contributed by atoms with Gasteiger partial charge in [0.15, 0.2) is 0 Å². The van der Waals surface area contributed by atoms with E-state index in [4.69, 9.17) is 9.72 Å². The molecule has 0 atom stereocenters. The van der Waals surface area contributed by atoms with E-state index in [0.717, 1.165) is 37.9 Å². The summed E-state index contributed by atoms with van der Waals surface area (Å²) in [6.45, 7) is 3.81. The highest BCUT2D eigenvalue weighted by atomic mass is 32.1. The molecule has 2 heterocycles. The summed E-state index contributed by atoms with van der Waals surface area (Å²) in [6.07, 6.45) is 3.02. The van der Waals surface area contributed by atoms with Gasteiger partial charge in [-0.2, -0.15) is 0 Å². The molecule has 1 saturated heterocycles. The van der Waals surface area contributed by atoms with E-state index in [2.05, 4.69) is 28.4 Å². The summed E-state index contributed by atoms with van der Waals surface area (Å²) in [6, 6.07) is 8.33. The molecule has 0 radical (unpaired) electrons. The van der Waals surface area contributed by atoms with Crippen molar-refractivity contribution in [2.75, 3.05) is 39.9 Å². The van der Waals surface area contributed by atoms with Gasteiger partial charge in [-0.3, -0.25) is 9.69 Å². The number of ether oxygens (including phenoxy) is 1. The number of nitrogens with zero attached hydrogens (tertiary/aromatic N) is 2. The second kappa shape index (κ2) is 8.55. The second-order valence-corrected chi connectivity index (χ2v) is 7.33. The van der Waals surface area contributed by atoms with Gasteiger partial charge in [-0.25, -0.2) is 4.98 Å². The van der Waals surface area contributed by atoms with E-state index < -0.39 is 0 Å². The fraction of sp³-hybridized carbons (Fsp3) is 0.556. The summed E-state index contributed by atoms with van der Waals surface area (Å²) < 4.78 is 6.25. The summed E-state index contributed by atoms with van der Waals surface area (Å²) in [5.41, 5.74) is 1.11. The molecule has 3 rings (SSSR count). The van der Waals surface area contributed by atoms with Crippen LogP contribution in [0.25, 0.3) is 10.2 Å². The Hall–Kier alpha value is -1.50. The largest absolute Gasteiger partial charge is 0.385 e. The zero-order valence-electron chi connectivity index (χ0n) is 14.2. The van der Waals surface area contributed by atoms with Gasteiger partial charge in [-0.1, -0.05) is 12.1 Å². The minimum absolute atomic E-state index is 0.115. The predicted octanol–water partition coefficient (Wildman–Crippen LogP) is 2.63. The van der Waals surface area contributed by atoms with Gasteiger partial charge in [0.2, 0.25) is 5.91 Å². The third kappa shape index (κ3) is 4.53. The van der Waals surface area contributed by atoms with Crippen LogP contribution in [0, 0.1) is 0 Å². The first kappa shape index (κ1) is 17.3. The Bertz CT molecular complexity index is 632. The molecule has 0 aliphatic carbocycles. The fourth-order valence-electron chi connectivity index (χ4n) is 3.11. The zero-order valence-corrected chi connectivity index (χ0v) is 15.0. The molecule has 0 bridgehead atoms. The average Bonchev–Trinajstić information content (AvgIpc) is 3.03. The molecule has 2 aromatic rings. The van der Waals surface area contributed by atoms with Crippen LogP contribution in [0.3, 0.4) is 0 Å². The first-order chi connectivity index (χ1) is 11.8. The van der Waals surface area contributed by atoms with Crippen LogP contribution in [0.4, 0.5) is 0 Å². The molecule has 0 spiro atoms. The van der Waals surface area contributed by atoms with Gasteiger partial charge in [-0.05, 0) is 44.5 Å². The van der Waals surface area contributed by atoms with Crippen LogP contribution in [0.1, 0.15) is 30.2 Å². The standard InChI is InChI=1S/C18H25N3O2S/c1-23-12-4-9-19-17(22)13-21-10-7-14(8-11-21)18-20-15-5-2-3-6-16(15)24-18/h2-3,5-6,14H,4,7-13H2,1H3,(H,19,22). The molecular weight excluding hydrogens is 322 g/mol. The Morgan fingerprint density at radius 3 is 2.92 bits per heavy atom. The Balaban J connectivity index is 1.44. The van der Waals surface area contributed by atoms with Crippen molar-refractivity contribution in [2.45, 2.75) is 25.2 Å². The Kier molecular flexibility index (Phi) is 6.18. The summed E-state index contributed by atoms with van der Waals surface area (Å²) in [7, 11) is 1.68. The zero-order chi connectivity index (χ0) is 16.8. The van der Waals surface area contributed by atoms with Crippen LogP contribution in [0.5, 0.6) is 0 Å². The molecule has 1 aromatic carbocycles. The molecule has 1 aliphatic heterocycles. The maximum absolute atomic E-state index is 11.9. The number of nitrogens with one attached hydrogen (secondary N) is 1. The van der Waals surface area contributed by atoms with Crippen LogP contribution in [-0.2, 0) is 9.53 Å². The quantitative estimate of drug-likeness (QED) is 0.783. The van der Waals surface area contributed by atoms with Crippen molar-refractivity contribution in [2.24, 2.45) is 0 Å². The monoisotopic (exact) mass is 347 g/mol. The number of hydrogen-bond acceptors (Lipinski definition) is 5. The minimum Gasteiger partial charge on any atom is -0.385 e. The van der Waals surface area contributed by atoms with Gasteiger partial charge in [-0.15, -0.1) is 11.3 Å². The summed E-state index contributed by atoms with van der Waals surface area (Å²) in [4.78, 5) is 19.0. The number of aromatic nitrogens is 1. The highest BCUT2D eigenvalue weighted by molar-refractivity contribution is 7.18. The highest BCUT2D eigenvalue weighted by Gasteiger charge is 2.24. The lowest BCUT2D eigenvalue weighted by Crippen LogP contribution is -2.41. The lowest BCUT2D eigenvalue weighted by atomic mass is 9.97. The third-order valence-electron chi connectivity index (χ3n) is 4.46. The lowest BCUT2D eigenvalue weighted by molar-refractivity contribution is -0.122. The van der Waals surface area contributed by atoms with Crippen LogP contribution in [0.2, 0.25) is 0 Å². The molecule has 0 unspecified atom stereocenters. The van der Waals surface area contributed by atoms with Gasteiger partial charge >= 0.3 is 0 Å². The van der Waals surface area contributed by atoms with E-state index in [-0.39, 0.29) is 5.91 Å². The van der Waals surface area contributed by atoms with Crippen LogP contribution in [-0.4, -0.2) is 55.7 Å². The highest BCUT2D eigenvalue weighted by Crippen LogP contribution is 2.33. The molecule has 130 valence electrons. The normalized spacial score (nSPS) is 16.5. The van der Waals surface area contributed by atoms with Crippen molar-refractivity contribution in [1.82, 2.24) is 15.2 Å². The fourth-order valence-corrected chi connectivity index (χ4v) is 4.24. The number of likely N-dealkylation sites (tertiary alicyclic amines) is 1. The Labute approximate surface area is 147 Å². The number of piperidine rings is 1. The van der Waals surface area contributed by atoms with Gasteiger partial charge in [0, 0.05) is 26.2 Å². The van der Waals surface area contributed by atoms with Crippen LogP contribution < -0.4 is 5.32 Å². The topological polar surface area (TPSA) is 54.5 Å². The van der Waals surface area contributed by atoms with Crippen molar-refractivity contribution in [1.29, 1.82) is 0 Å². The molecule has 5 nitrogen and oxygen atoms in total. The number of para-hydroxylation sites is 1. The first-order valence-corrected chi connectivity index (χ1v) is 9.41. The van der Waals surface area contributed by atoms with Gasteiger partial charge < -0.3 is 10.1 Å². The van der Waals surface area contributed by atoms with Gasteiger partial charge in [0.05, 0.1) is 21.8 Å². The molecular formula is C18H25N3O2S. The minimum atomic E-state index is 0.115.